The zero-order valence-electron chi connectivity index (χ0n) is 14.9. The Hall–Kier alpha value is -2.87. The normalized spacial score (nSPS) is 10.2. The van der Waals surface area contributed by atoms with Gasteiger partial charge in [-0.25, -0.2) is 9.59 Å². The largest absolute Gasteiger partial charge is 0.496 e. The van der Waals surface area contributed by atoms with E-state index in [4.69, 9.17) is 14.2 Å². The van der Waals surface area contributed by atoms with Crippen molar-refractivity contribution in [2.24, 2.45) is 0 Å². The number of benzene rings is 1. The number of hydrogen-bond acceptors (Lipinski definition) is 7. The van der Waals surface area contributed by atoms with Gasteiger partial charge in [-0.15, -0.1) is 11.3 Å². The average molecular weight is 377 g/mol. The first kappa shape index (κ1) is 19.5. The van der Waals surface area contributed by atoms with Crippen LogP contribution < -0.4 is 10.1 Å². The van der Waals surface area contributed by atoms with Crippen LogP contribution in [0.3, 0.4) is 0 Å². The Morgan fingerprint density at radius 1 is 1.04 bits per heavy atom. The van der Waals surface area contributed by atoms with E-state index in [1.54, 1.807) is 31.2 Å². The molecule has 0 radical (unpaired) electrons. The number of carbonyl (C=O) groups is 3. The van der Waals surface area contributed by atoms with E-state index in [0.29, 0.717) is 16.9 Å². The first-order valence-corrected chi connectivity index (χ1v) is 8.46. The number of carbonyl (C=O) groups excluding carboxylic acids is 3. The maximum absolute atomic E-state index is 12.4. The topological polar surface area (TPSA) is 90.9 Å². The molecule has 1 aromatic heterocycles. The minimum atomic E-state index is -0.638. The SMILES string of the molecule is COC(=O)c1sc(NC(=O)Cc2ccccc2OC)c(C(=O)OC)c1C. The van der Waals surface area contributed by atoms with E-state index in [9.17, 15) is 14.4 Å². The van der Waals surface area contributed by atoms with Crippen LogP contribution in [0.25, 0.3) is 0 Å². The lowest BCUT2D eigenvalue weighted by Crippen LogP contribution is -2.16. The molecule has 0 bridgehead atoms. The Balaban J connectivity index is 2.31. The van der Waals surface area contributed by atoms with Gasteiger partial charge in [-0.3, -0.25) is 4.79 Å². The van der Waals surface area contributed by atoms with Crippen molar-refractivity contribution in [3.63, 3.8) is 0 Å². The zero-order chi connectivity index (χ0) is 19.3. The number of nitrogens with one attached hydrogen (secondary N) is 1. The zero-order valence-corrected chi connectivity index (χ0v) is 15.7. The third-order valence-corrected chi connectivity index (χ3v) is 4.89. The van der Waals surface area contributed by atoms with Crippen molar-refractivity contribution in [3.05, 3.63) is 45.8 Å². The quantitative estimate of drug-likeness (QED) is 0.779. The van der Waals surface area contributed by atoms with Crippen LogP contribution in [0.4, 0.5) is 5.00 Å². The van der Waals surface area contributed by atoms with Gasteiger partial charge in [0.2, 0.25) is 5.91 Å². The summed E-state index contributed by atoms with van der Waals surface area (Å²) in [6.45, 7) is 1.60. The predicted octanol–water partition coefficient (Wildman–Crippen LogP) is 2.82. The van der Waals surface area contributed by atoms with Gasteiger partial charge in [-0.05, 0) is 18.6 Å². The van der Waals surface area contributed by atoms with Crippen molar-refractivity contribution < 1.29 is 28.6 Å². The summed E-state index contributed by atoms with van der Waals surface area (Å²) in [6, 6.07) is 7.14. The molecule has 0 saturated carbocycles. The summed E-state index contributed by atoms with van der Waals surface area (Å²) in [5.41, 5.74) is 1.25. The van der Waals surface area contributed by atoms with E-state index in [0.717, 1.165) is 11.3 Å². The van der Waals surface area contributed by atoms with Crippen LogP contribution in [0, 0.1) is 6.92 Å². The third-order valence-electron chi connectivity index (χ3n) is 3.70. The van der Waals surface area contributed by atoms with E-state index in [1.165, 1.54) is 21.3 Å². The van der Waals surface area contributed by atoms with Gasteiger partial charge in [0.05, 0.1) is 33.3 Å². The molecule has 0 aliphatic rings. The van der Waals surface area contributed by atoms with Crippen LogP contribution in [0.2, 0.25) is 0 Å². The first-order chi connectivity index (χ1) is 12.4. The number of amides is 1. The molecule has 0 aliphatic carbocycles. The molecule has 2 aromatic rings. The van der Waals surface area contributed by atoms with E-state index in [-0.39, 0.29) is 27.8 Å². The van der Waals surface area contributed by atoms with Gasteiger partial charge in [0.1, 0.15) is 15.6 Å². The molecule has 0 fully saturated rings. The van der Waals surface area contributed by atoms with Crippen LogP contribution in [-0.4, -0.2) is 39.2 Å². The number of para-hydroxylation sites is 1. The smallest absolute Gasteiger partial charge is 0.348 e. The molecule has 7 nitrogen and oxygen atoms in total. The van der Waals surface area contributed by atoms with Gasteiger partial charge in [0, 0.05) is 5.56 Å². The molecule has 1 N–H and O–H groups in total. The number of esters is 2. The van der Waals surface area contributed by atoms with Crippen LogP contribution in [-0.2, 0) is 20.7 Å². The number of anilines is 1. The number of ether oxygens (including phenoxy) is 3. The standard InChI is InChI=1S/C18H19NO6S/c1-10-14(17(21)24-3)16(26-15(10)18(22)25-4)19-13(20)9-11-7-5-6-8-12(11)23-2/h5-8H,9H2,1-4H3,(H,19,20). The summed E-state index contributed by atoms with van der Waals surface area (Å²) in [5, 5.41) is 2.93. The summed E-state index contributed by atoms with van der Waals surface area (Å²) >= 11 is 0.973. The molecule has 1 heterocycles. The number of thiophene rings is 1. The molecule has 2 rings (SSSR count). The molecule has 1 amide bonds. The van der Waals surface area contributed by atoms with Crippen molar-refractivity contribution in [2.75, 3.05) is 26.6 Å². The summed E-state index contributed by atoms with van der Waals surface area (Å²) in [4.78, 5) is 36.6. The summed E-state index contributed by atoms with van der Waals surface area (Å²) < 4.78 is 14.7. The molecule has 1 aromatic carbocycles. The highest BCUT2D eigenvalue weighted by molar-refractivity contribution is 7.18. The molecule has 26 heavy (non-hydrogen) atoms. The average Bonchev–Trinajstić information content (AvgIpc) is 2.96. The molecule has 8 heteroatoms. The fourth-order valence-corrected chi connectivity index (χ4v) is 3.56. The van der Waals surface area contributed by atoms with Crippen molar-refractivity contribution >= 4 is 34.2 Å². The molecule has 0 spiro atoms. The van der Waals surface area contributed by atoms with Crippen LogP contribution in [0.5, 0.6) is 5.75 Å². The summed E-state index contributed by atoms with van der Waals surface area (Å²) in [6.07, 6.45) is 0.0507. The predicted molar refractivity (Wildman–Crippen MR) is 97.1 cm³/mol. The third kappa shape index (κ3) is 4.02. The van der Waals surface area contributed by atoms with E-state index < -0.39 is 11.9 Å². The van der Waals surface area contributed by atoms with Gasteiger partial charge >= 0.3 is 11.9 Å². The van der Waals surface area contributed by atoms with E-state index >= 15 is 0 Å². The van der Waals surface area contributed by atoms with E-state index in [2.05, 4.69) is 5.32 Å². The lowest BCUT2D eigenvalue weighted by Gasteiger charge is -2.09. The number of methoxy groups -OCH3 is 3. The van der Waals surface area contributed by atoms with Crippen molar-refractivity contribution in [3.8, 4) is 5.75 Å². The Kier molecular flexibility index (Phi) is 6.35. The van der Waals surface area contributed by atoms with Crippen molar-refractivity contribution in [2.45, 2.75) is 13.3 Å². The summed E-state index contributed by atoms with van der Waals surface area (Å²) in [5.74, 6) is -0.977. The highest BCUT2D eigenvalue weighted by Gasteiger charge is 2.26. The first-order valence-electron chi connectivity index (χ1n) is 7.64. The van der Waals surface area contributed by atoms with Crippen LogP contribution in [0.15, 0.2) is 24.3 Å². The van der Waals surface area contributed by atoms with Crippen molar-refractivity contribution in [1.29, 1.82) is 0 Å². The van der Waals surface area contributed by atoms with Gasteiger partial charge in [0.25, 0.3) is 0 Å². The summed E-state index contributed by atoms with van der Waals surface area (Å²) in [7, 11) is 4.01. The minimum Gasteiger partial charge on any atom is -0.496 e. The molecule has 0 atom stereocenters. The molecular weight excluding hydrogens is 358 g/mol. The fraction of sp³-hybridized carbons (Fsp3) is 0.278. The van der Waals surface area contributed by atoms with Gasteiger partial charge in [-0.2, -0.15) is 0 Å². The highest BCUT2D eigenvalue weighted by Crippen LogP contribution is 2.34. The Morgan fingerprint density at radius 2 is 1.69 bits per heavy atom. The Bertz CT molecular complexity index is 842. The van der Waals surface area contributed by atoms with Gasteiger partial charge in [-0.1, -0.05) is 18.2 Å². The maximum Gasteiger partial charge on any atom is 0.348 e. The Labute approximate surface area is 154 Å². The van der Waals surface area contributed by atoms with E-state index in [1.807, 2.05) is 0 Å². The van der Waals surface area contributed by atoms with Crippen LogP contribution >= 0.6 is 11.3 Å². The second-order valence-corrected chi connectivity index (χ2v) is 6.30. The number of rotatable bonds is 6. The molecule has 0 aliphatic heterocycles. The van der Waals surface area contributed by atoms with Crippen LogP contribution in [0.1, 0.15) is 31.2 Å². The number of hydrogen-bond donors (Lipinski definition) is 1. The Morgan fingerprint density at radius 3 is 2.31 bits per heavy atom. The second-order valence-electron chi connectivity index (χ2n) is 5.28. The van der Waals surface area contributed by atoms with Crippen molar-refractivity contribution in [1.82, 2.24) is 0 Å². The monoisotopic (exact) mass is 377 g/mol. The van der Waals surface area contributed by atoms with Gasteiger partial charge in [0.15, 0.2) is 0 Å². The molecule has 0 unspecified atom stereocenters. The lowest BCUT2D eigenvalue weighted by atomic mass is 10.1. The minimum absolute atomic E-state index is 0.0507. The molecule has 138 valence electrons. The second kappa shape index (κ2) is 8.48. The van der Waals surface area contributed by atoms with Gasteiger partial charge < -0.3 is 19.5 Å². The highest BCUT2D eigenvalue weighted by atomic mass is 32.1. The fourth-order valence-electron chi connectivity index (χ4n) is 2.43. The maximum atomic E-state index is 12.4. The lowest BCUT2D eigenvalue weighted by molar-refractivity contribution is -0.115. The molecular formula is C18H19NO6S. The molecule has 0 saturated heterocycles.